The van der Waals surface area contributed by atoms with E-state index in [9.17, 15) is 4.39 Å². The molecule has 106 valence electrons. The van der Waals surface area contributed by atoms with Gasteiger partial charge in [0.25, 0.3) is 0 Å². The fraction of sp³-hybridized carbons (Fsp3) is 0.286. The van der Waals surface area contributed by atoms with Crippen LogP contribution in [0, 0.1) is 5.92 Å². The van der Waals surface area contributed by atoms with E-state index in [4.69, 9.17) is 11.6 Å². The molecular weight excluding hydrogens is 293 g/mol. The van der Waals surface area contributed by atoms with Gasteiger partial charge in [0.05, 0.1) is 18.6 Å². The number of halogens is 2. The van der Waals surface area contributed by atoms with Crippen molar-refractivity contribution in [1.29, 1.82) is 0 Å². The van der Waals surface area contributed by atoms with Gasteiger partial charge in [-0.1, -0.05) is 11.6 Å². The van der Waals surface area contributed by atoms with Crippen molar-refractivity contribution in [2.75, 3.05) is 6.67 Å². The van der Waals surface area contributed by atoms with E-state index in [1.54, 1.807) is 23.1 Å². The van der Waals surface area contributed by atoms with E-state index in [1.165, 1.54) is 6.33 Å². The lowest BCUT2D eigenvalue weighted by molar-refractivity contribution is 0.452. The molecule has 0 saturated heterocycles. The van der Waals surface area contributed by atoms with Gasteiger partial charge in [0.2, 0.25) is 0 Å². The summed E-state index contributed by atoms with van der Waals surface area (Å²) >= 11 is 6.13. The van der Waals surface area contributed by atoms with Crippen LogP contribution < -0.4 is 0 Å². The molecule has 0 bridgehead atoms. The molecule has 7 heteroatoms. The van der Waals surface area contributed by atoms with E-state index in [1.807, 2.05) is 6.07 Å². The molecule has 3 heterocycles. The quantitative estimate of drug-likeness (QED) is 0.746. The van der Waals surface area contributed by atoms with Crippen molar-refractivity contribution in [3.63, 3.8) is 0 Å². The number of hydrogen-bond donors (Lipinski definition) is 0. The lowest BCUT2D eigenvalue weighted by atomic mass is 10.1. The SMILES string of the molecule is FC[C@H]1C[C@@H]1c1cc(-c2cncnc2)nn2c(Cl)cnc12. The summed E-state index contributed by atoms with van der Waals surface area (Å²) in [5.41, 5.74) is 3.19. The molecule has 0 aliphatic heterocycles. The third kappa shape index (κ3) is 2.06. The lowest BCUT2D eigenvalue weighted by Gasteiger charge is -2.07. The first-order valence-corrected chi connectivity index (χ1v) is 7.01. The lowest BCUT2D eigenvalue weighted by Crippen LogP contribution is -2.00. The second kappa shape index (κ2) is 4.73. The van der Waals surface area contributed by atoms with Crippen LogP contribution in [0.25, 0.3) is 16.9 Å². The van der Waals surface area contributed by atoms with Crippen molar-refractivity contribution in [1.82, 2.24) is 24.6 Å². The molecule has 0 aromatic carbocycles. The molecule has 21 heavy (non-hydrogen) atoms. The molecule has 1 saturated carbocycles. The molecule has 0 N–H and O–H groups in total. The van der Waals surface area contributed by atoms with Crippen LogP contribution in [0.5, 0.6) is 0 Å². The summed E-state index contributed by atoms with van der Waals surface area (Å²) in [6.45, 7) is -0.308. The van der Waals surface area contributed by atoms with E-state index in [-0.39, 0.29) is 18.5 Å². The molecule has 0 unspecified atom stereocenters. The third-order valence-corrected chi connectivity index (χ3v) is 4.09. The summed E-state index contributed by atoms with van der Waals surface area (Å²) in [4.78, 5) is 12.3. The van der Waals surface area contributed by atoms with Gasteiger partial charge in [-0.25, -0.2) is 19.5 Å². The van der Waals surface area contributed by atoms with E-state index in [0.29, 0.717) is 16.5 Å². The Morgan fingerprint density at radius 1 is 1.29 bits per heavy atom. The van der Waals surface area contributed by atoms with Crippen LogP contribution in [0.2, 0.25) is 5.15 Å². The maximum Gasteiger partial charge on any atom is 0.158 e. The maximum atomic E-state index is 12.9. The van der Waals surface area contributed by atoms with Crippen molar-refractivity contribution in [2.24, 2.45) is 5.92 Å². The Labute approximate surface area is 124 Å². The molecule has 0 spiro atoms. The molecule has 3 aromatic rings. The molecule has 1 aliphatic carbocycles. The standard InChI is InChI=1S/C14H11ClFN5/c15-13-6-19-14-11(10-1-8(10)3-16)2-12(20-21(13)14)9-4-17-7-18-5-9/h2,4-8,10H,1,3H2/t8-,10+/m1/s1. The Hall–Kier alpha value is -2.08. The van der Waals surface area contributed by atoms with Gasteiger partial charge in [-0.05, 0) is 24.3 Å². The molecule has 0 amide bonds. The van der Waals surface area contributed by atoms with Gasteiger partial charge in [-0.2, -0.15) is 5.10 Å². The maximum absolute atomic E-state index is 12.9. The highest BCUT2D eigenvalue weighted by atomic mass is 35.5. The molecular formula is C14H11ClFN5. The van der Waals surface area contributed by atoms with Crippen molar-refractivity contribution in [3.05, 3.63) is 41.7 Å². The van der Waals surface area contributed by atoms with Crippen molar-refractivity contribution in [3.8, 4) is 11.3 Å². The van der Waals surface area contributed by atoms with Gasteiger partial charge < -0.3 is 0 Å². The Morgan fingerprint density at radius 2 is 2.10 bits per heavy atom. The summed E-state index contributed by atoms with van der Waals surface area (Å²) in [5.74, 6) is 0.258. The highest BCUT2D eigenvalue weighted by molar-refractivity contribution is 6.29. The summed E-state index contributed by atoms with van der Waals surface area (Å²) in [5, 5.41) is 4.91. The van der Waals surface area contributed by atoms with Gasteiger partial charge in [0.15, 0.2) is 10.8 Å². The smallest absolute Gasteiger partial charge is 0.158 e. The minimum absolute atomic E-state index is 0.0755. The summed E-state index contributed by atoms with van der Waals surface area (Å²) in [6, 6.07) is 1.94. The van der Waals surface area contributed by atoms with Gasteiger partial charge in [0, 0.05) is 23.5 Å². The average Bonchev–Trinajstić information content (AvgIpc) is 3.24. The summed E-state index contributed by atoms with van der Waals surface area (Å²) in [6.07, 6.45) is 7.24. The van der Waals surface area contributed by atoms with E-state index >= 15 is 0 Å². The first-order chi connectivity index (χ1) is 10.3. The number of nitrogens with zero attached hydrogens (tertiary/aromatic N) is 5. The molecule has 0 radical (unpaired) electrons. The molecule has 1 fully saturated rings. The van der Waals surface area contributed by atoms with Crippen molar-refractivity contribution >= 4 is 17.2 Å². The van der Waals surface area contributed by atoms with Crippen LogP contribution in [0.4, 0.5) is 4.39 Å². The zero-order valence-corrected chi connectivity index (χ0v) is 11.7. The fourth-order valence-electron chi connectivity index (χ4n) is 2.61. The van der Waals surface area contributed by atoms with Gasteiger partial charge in [-0.15, -0.1) is 0 Å². The highest BCUT2D eigenvalue weighted by Crippen LogP contribution is 2.49. The number of fused-ring (bicyclic) bond motifs is 1. The minimum Gasteiger partial charge on any atom is -0.251 e. The molecule has 5 nitrogen and oxygen atoms in total. The van der Waals surface area contributed by atoms with Gasteiger partial charge in [-0.3, -0.25) is 4.39 Å². The molecule has 3 aromatic heterocycles. The highest BCUT2D eigenvalue weighted by Gasteiger charge is 2.40. The Bertz CT molecular complexity index is 804. The number of aromatic nitrogens is 5. The normalized spacial score (nSPS) is 20.9. The van der Waals surface area contributed by atoms with Crippen molar-refractivity contribution in [2.45, 2.75) is 12.3 Å². The van der Waals surface area contributed by atoms with Gasteiger partial charge >= 0.3 is 0 Å². The fourth-order valence-corrected chi connectivity index (χ4v) is 2.78. The van der Waals surface area contributed by atoms with Gasteiger partial charge in [0.1, 0.15) is 6.33 Å². The predicted octanol–water partition coefficient (Wildman–Crippen LogP) is 2.91. The van der Waals surface area contributed by atoms with Crippen LogP contribution in [-0.2, 0) is 0 Å². The van der Waals surface area contributed by atoms with Crippen LogP contribution in [-0.4, -0.2) is 31.2 Å². The Morgan fingerprint density at radius 3 is 2.81 bits per heavy atom. The topological polar surface area (TPSA) is 56.0 Å². The van der Waals surface area contributed by atoms with Crippen LogP contribution in [0.1, 0.15) is 17.9 Å². The summed E-state index contributed by atoms with van der Waals surface area (Å²) < 4.78 is 14.4. The third-order valence-electron chi connectivity index (χ3n) is 3.83. The van der Waals surface area contributed by atoms with E-state index in [0.717, 1.165) is 17.5 Å². The minimum atomic E-state index is -0.308. The second-order valence-electron chi connectivity index (χ2n) is 5.18. The van der Waals surface area contributed by atoms with Crippen molar-refractivity contribution < 1.29 is 4.39 Å². The molecule has 4 rings (SSSR count). The number of imidazole rings is 1. The zero-order valence-electron chi connectivity index (χ0n) is 10.9. The first kappa shape index (κ1) is 12.6. The largest absolute Gasteiger partial charge is 0.251 e. The molecule has 2 atom stereocenters. The number of alkyl halides is 1. The van der Waals surface area contributed by atoms with Crippen LogP contribution in [0.3, 0.4) is 0 Å². The molecule has 1 aliphatic rings. The summed E-state index contributed by atoms with van der Waals surface area (Å²) in [7, 11) is 0. The van der Waals surface area contributed by atoms with E-state index < -0.39 is 0 Å². The monoisotopic (exact) mass is 303 g/mol. The number of hydrogen-bond acceptors (Lipinski definition) is 4. The average molecular weight is 304 g/mol. The Kier molecular flexibility index (Phi) is 2.85. The van der Waals surface area contributed by atoms with Crippen LogP contribution in [0.15, 0.2) is 31.0 Å². The Balaban J connectivity index is 1.91. The first-order valence-electron chi connectivity index (χ1n) is 6.63. The number of rotatable bonds is 3. The zero-order chi connectivity index (χ0) is 14.4. The second-order valence-corrected chi connectivity index (χ2v) is 5.57. The predicted molar refractivity (Wildman–Crippen MR) is 75.8 cm³/mol. The van der Waals surface area contributed by atoms with Crippen LogP contribution >= 0.6 is 11.6 Å². The van der Waals surface area contributed by atoms with E-state index in [2.05, 4.69) is 20.1 Å².